The van der Waals surface area contributed by atoms with Gasteiger partial charge in [-0.05, 0) is 109 Å². The number of phenols is 2. The predicted octanol–water partition coefficient (Wildman–Crippen LogP) is 9.06. The van der Waals surface area contributed by atoms with Gasteiger partial charge in [0.1, 0.15) is 23.1 Å². The van der Waals surface area contributed by atoms with Crippen molar-refractivity contribution >= 4 is 122 Å². The minimum absolute atomic E-state index is 0.00516. The van der Waals surface area contributed by atoms with Crippen LogP contribution in [0.4, 0.5) is 8.78 Å². The summed E-state index contributed by atoms with van der Waals surface area (Å²) >= 11 is 26.2. The van der Waals surface area contributed by atoms with Gasteiger partial charge in [-0.15, -0.1) is 0 Å². The Hall–Kier alpha value is -0.445. The third kappa shape index (κ3) is 9.88. The third-order valence-corrected chi connectivity index (χ3v) is 7.89. The van der Waals surface area contributed by atoms with Gasteiger partial charge < -0.3 is 20.3 Å². The second-order valence-electron chi connectivity index (χ2n) is 7.17. The molecule has 0 amide bonds. The molecule has 0 bridgehead atoms. The fourth-order valence-corrected chi connectivity index (χ4v) is 6.92. The first-order valence-corrected chi connectivity index (χ1v) is 15.0. The molecule has 0 fully saturated rings. The highest BCUT2D eigenvalue weighted by Gasteiger charge is 2.16. The van der Waals surface area contributed by atoms with Gasteiger partial charge in [0.25, 0.3) is 0 Å². The van der Waals surface area contributed by atoms with Gasteiger partial charge in [0, 0.05) is 35.6 Å². The van der Waals surface area contributed by atoms with Crippen LogP contribution in [0.5, 0.6) is 11.5 Å². The van der Waals surface area contributed by atoms with E-state index in [2.05, 4.69) is 86.3 Å². The van der Waals surface area contributed by atoms with Crippen LogP contribution in [-0.4, -0.2) is 27.4 Å². The fraction of sp³-hybridized carbons (Fsp3) is 0. The molecule has 4 rings (SSSR count). The van der Waals surface area contributed by atoms with Crippen molar-refractivity contribution in [2.75, 3.05) is 0 Å². The molecule has 0 heterocycles. The Morgan fingerprint density at radius 1 is 0.658 bits per heavy atom. The molecule has 38 heavy (non-hydrogen) atoms. The van der Waals surface area contributed by atoms with Crippen LogP contribution in [0.1, 0.15) is 0 Å². The van der Waals surface area contributed by atoms with Crippen LogP contribution in [0.25, 0.3) is 11.1 Å². The molecule has 4 aromatic rings. The summed E-state index contributed by atoms with van der Waals surface area (Å²) in [7, 11) is -1.78. The van der Waals surface area contributed by atoms with Crippen molar-refractivity contribution in [3.8, 4) is 22.6 Å². The summed E-state index contributed by atoms with van der Waals surface area (Å²) < 4.78 is 30.2. The highest BCUT2D eigenvalue weighted by atomic mass is 127. The van der Waals surface area contributed by atoms with E-state index in [-0.39, 0.29) is 16.2 Å². The van der Waals surface area contributed by atoms with Gasteiger partial charge in [0.15, 0.2) is 0 Å². The highest BCUT2D eigenvalue weighted by molar-refractivity contribution is 14.1. The molecule has 0 aliphatic carbocycles. The largest absolute Gasteiger partial charge is 0.506 e. The van der Waals surface area contributed by atoms with Gasteiger partial charge in [-0.2, -0.15) is 0 Å². The Kier molecular flexibility index (Phi) is 13.8. The number of phenolic OH excluding ortho intramolecular Hbond substituents is 2. The first kappa shape index (κ1) is 33.8. The maximum absolute atomic E-state index is 13.8. The molecule has 14 heteroatoms. The van der Waals surface area contributed by atoms with E-state index in [0.717, 1.165) is 18.6 Å². The average molecular weight is 933 g/mol. The number of rotatable bonds is 2. The van der Waals surface area contributed by atoms with Crippen molar-refractivity contribution in [2.45, 2.75) is 0 Å². The molecule has 4 aromatic carbocycles. The van der Waals surface area contributed by atoms with Crippen molar-refractivity contribution in [1.29, 1.82) is 0 Å². The van der Waals surface area contributed by atoms with Crippen LogP contribution < -0.4 is 5.46 Å². The highest BCUT2D eigenvalue weighted by Crippen LogP contribution is 2.39. The fourth-order valence-electron chi connectivity index (χ4n) is 2.72. The topological polar surface area (TPSA) is 80.9 Å². The quantitative estimate of drug-likeness (QED) is 0.120. The van der Waals surface area contributed by atoms with E-state index in [0.29, 0.717) is 30.8 Å². The summed E-state index contributed by atoms with van der Waals surface area (Å²) in [5.74, 6) is -0.900. The maximum Gasteiger partial charge on any atom is 0.491 e. The Bertz CT molecular complexity index is 1430. The van der Waals surface area contributed by atoms with Gasteiger partial charge in [-0.1, -0.05) is 61.1 Å². The molecular formula is C24H14BBr4Cl2F2IO4. The van der Waals surface area contributed by atoms with Crippen molar-refractivity contribution in [2.24, 2.45) is 0 Å². The normalized spacial score (nSPS) is 10.2. The lowest BCUT2D eigenvalue weighted by Gasteiger charge is -2.09. The molecule has 0 spiro atoms. The Morgan fingerprint density at radius 3 is 1.66 bits per heavy atom. The summed E-state index contributed by atoms with van der Waals surface area (Å²) in [6.07, 6.45) is 0. The monoisotopic (exact) mass is 928 g/mol. The van der Waals surface area contributed by atoms with E-state index in [4.69, 9.17) is 33.2 Å². The van der Waals surface area contributed by atoms with Gasteiger partial charge in [-0.25, -0.2) is 8.78 Å². The molecule has 0 aromatic heterocycles. The summed E-state index contributed by atoms with van der Waals surface area (Å²) in [5.41, 5.74) is 0.531. The molecule has 0 aliphatic heterocycles. The molecule has 0 atom stereocenters. The molecule has 0 radical (unpaired) electrons. The van der Waals surface area contributed by atoms with Crippen molar-refractivity contribution < 1.29 is 29.0 Å². The van der Waals surface area contributed by atoms with E-state index in [1.165, 1.54) is 24.3 Å². The first-order valence-electron chi connectivity index (χ1n) is 9.99. The number of hydrogen-bond donors (Lipinski definition) is 4. The Labute approximate surface area is 274 Å². The van der Waals surface area contributed by atoms with Gasteiger partial charge in [0.05, 0.1) is 12.5 Å². The molecule has 4 N–H and O–H groups in total. The molecule has 4 nitrogen and oxygen atoms in total. The SMILES string of the molecule is OB(O)c1ccc(Cl)cc1F.Oc1c(Br)cc(Br)cc1-c1ccc(Cl)cc1F.Oc1c(Br)cc(Br)cc1I. The summed E-state index contributed by atoms with van der Waals surface area (Å²) in [6, 6.07) is 14.9. The summed E-state index contributed by atoms with van der Waals surface area (Å²) in [6.45, 7) is 0. The molecule has 0 unspecified atom stereocenters. The smallest absolute Gasteiger partial charge is 0.491 e. The van der Waals surface area contributed by atoms with E-state index in [9.17, 15) is 19.0 Å². The lowest BCUT2D eigenvalue weighted by atomic mass is 9.80. The van der Waals surface area contributed by atoms with Crippen molar-refractivity contribution in [1.82, 2.24) is 0 Å². The first-order chi connectivity index (χ1) is 17.7. The number of halogens is 9. The van der Waals surface area contributed by atoms with Gasteiger partial charge >= 0.3 is 7.12 Å². The minimum Gasteiger partial charge on any atom is -0.506 e. The van der Waals surface area contributed by atoms with Crippen LogP contribution in [0.2, 0.25) is 10.0 Å². The number of aromatic hydroxyl groups is 2. The second-order valence-corrected chi connectivity index (χ2v) is 12.7. The lowest BCUT2D eigenvalue weighted by Crippen LogP contribution is -2.32. The minimum atomic E-state index is -1.78. The molecule has 0 saturated carbocycles. The maximum atomic E-state index is 13.8. The zero-order valence-corrected chi connectivity index (χ0v) is 28.6. The standard InChI is InChI=1S/C12H6Br2ClFO.C6H5BClFO2.C6H3Br2IO/c13-6-3-9(12(17)10(14)4-6)8-2-1-7(15)5-11(8)16;8-4-1-2-5(7(10)11)6(9)3-4;7-3-1-4(8)6(10)5(9)2-3/h1-5,17H;1-3,10-11H;1-2,10H. The zero-order valence-electron chi connectivity index (χ0n) is 18.5. The second kappa shape index (κ2) is 15.5. The molecule has 0 aliphatic rings. The van der Waals surface area contributed by atoms with E-state index in [1.54, 1.807) is 24.3 Å². The van der Waals surface area contributed by atoms with Crippen LogP contribution in [0.3, 0.4) is 0 Å². The Balaban J connectivity index is 0.000000211. The van der Waals surface area contributed by atoms with E-state index < -0.39 is 18.8 Å². The number of benzene rings is 4. The van der Waals surface area contributed by atoms with Crippen LogP contribution in [-0.2, 0) is 0 Å². The lowest BCUT2D eigenvalue weighted by molar-refractivity contribution is 0.423. The summed E-state index contributed by atoms with van der Waals surface area (Å²) in [5, 5.41) is 36.8. The average Bonchev–Trinajstić information content (AvgIpc) is 2.80. The van der Waals surface area contributed by atoms with Crippen molar-refractivity contribution in [3.05, 3.63) is 104 Å². The third-order valence-electron chi connectivity index (χ3n) is 4.47. The predicted molar refractivity (Wildman–Crippen MR) is 171 cm³/mol. The van der Waals surface area contributed by atoms with E-state index in [1.807, 2.05) is 6.07 Å². The molecular weight excluding hydrogens is 918 g/mol. The van der Waals surface area contributed by atoms with Crippen LogP contribution >= 0.6 is 110 Å². The molecule has 0 saturated heterocycles. The van der Waals surface area contributed by atoms with Crippen LogP contribution in [0.15, 0.2) is 78.6 Å². The summed E-state index contributed by atoms with van der Waals surface area (Å²) in [4.78, 5) is 0. The van der Waals surface area contributed by atoms with E-state index >= 15 is 0 Å². The van der Waals surface area contributed by atoms with Gasteiger partial charge in [0.2, 0.25) is 0 Å². The molecule has 200 valence electrons. The van der Waals surface area contributed by atoms with Crippen LogP contribution in [0, 0.1) is 15.2 Å². The zero-order chi connectivity index (χ0) is 28.7. The number of hydrogen-bond acceptors (Lipinski definition) is 4. The Morgan fingerprint density at radius 2 is 1.16 bits per heavy atom. The van der Waals surface area contributed by atoms with Gasteiger partial charge in [-0.3, -0.25) is 0 Å². The van der Waals surface area contributed by atoms with Crippen molar-refractivity contribution in [3.63, 3.8) is 0 Å².